The molecule has 5 heteroatoms. The zero-order valence-corrected chi connectivity index (χ0v) is 14.6. The number of carbonyl (C=O) groups excluding carboxylic acids is 1. The summed E-state index contributed by atoms with van der Waals surface area (Å²) in [6.45, 7) is 0. The van der Waals surface area contributed by atoms with Crippen molar-refractivity contribution < 1.29 is 9.53 Å². The first kappa shape index (κ1) is 17.1. The van der Waals surface area contributed by atoms with Gasteiger partial charge in [-0.1, -0.05) is 41.9 Å². The third-order valence-corrected chi connectivity index (χ3v) is 4.28. The second kappa shape index (κ2) is 7.90. The van der Waals surface area contributed by atoms with Crippen LogP contribution in [0.2, 0.25) is 5.02 Å². The number of nitrogens with one attached hydrogen (secondary N) is 1. The van der Waals surface area contributed by atoms with Crippen molar-refractivity contribution in [1.29, 1.82) is 0 Å². The molecule has 1 aromatic heterocycles. The average molecular weight is 355 g/mol. The van der Waals surface area contributed by atoms with Gasteiger partial charge in [0.25, 0.3) is 0 Å². The number of halogens is 1. The Bertz CT molecular complexity index is 832. The highest BCUT2D eigenvalue weighted by molar-refractivity contribution is 6.32. The fourth-order valence-electron chi connectivity index (χ4n) is 2.76. The van der Waals surface area contributed by atoms with Gasteiger partial charge in [0.05, 0.1) is 24.6 Å². The fourth-order valence-corrected chi connectivity index (χ4v) is 3.02. The Morgan fingerprint density at radius 3 is 2.48 bits per heavy atom. The predicted octanol–water partition coefficient (Wildman–Crippen LogP) is 4.77. The van der Waals surface area contributed by atoms with Crippen molar-refractivity contribution in [2.45, 2.75) is 12.5 Å². The summed E-state index contributed by atoms with van der Waals surface area (Å²) in [5, 5.41) is 3.37. The van der Waals surface area contributed by atoms with Gasteiger partial charge in [0.1, 0.15) is 5.75 Å². The lowest BCUT2D eigenvalue weighted by Gasteiger charge is -2.19. The maximum atomic E-state index is 12.6. The summed E-state index contributed by atoms with van der Waals surface area (Å²) < 4.78 is 7.17. The molecule has 0 bridgehead atoms. The maximum Gasteiger partial charge on any atom is 0.226 e. The van der Waals surface area contributed by atoms with E-state index in [1.807, 2.05) is 59.4 Å². The highest BCUT2D eigenvalue weighted by Gasteiger charge is 2.17. The zero-order valence-electron chi connectivity index (χ0n) is 13.9. The van der Waals surface area contributed by atoms with Gasteiger partial charge in [-0.05, 0) is 35.9 Å². The number of hydrogen-bond acceptors (Lipinski definition) is 2. The van der Waals surface area contributed by atoms with E-state index in [9.17, 15) is 4.79 Å². The fraction of sp³-hybridized carbons (Fsp3) is 0.150. The molecule has 2 aromatic carbocycles. The van der Waals surface area contributed by atoms with E-state index in [1.54, 1.807) is 25.3 Å². The number of anilines is 1. The first-order valence-corrected chi connectivity index (χ1v) is 8.36. The molecule has 1 atom stereocenters. The number of benzene rings is 2. The molecule has 1 amide bonds. The van der Waals surface area contributed by atoms with Gasteiger partial charge in [-0.25, -0.2) is 0 Å². The number of methoxy groups -OCH3 is 1. The predicted molar refractivity (Wildman–Crippen MR) is 100 cm³/mol. The summed E-state index contributed by atoms with van der Waals surface area (Å²) in [4.78, 5) is 12.6. The Balaban J connectivity index is 1.76. The summed E-state index contributed by atoms with van der Waals surface area (Å²) in [6.07, 6.45) is 4.26. The van der Waals surface area contributed by atoms with Crippen LogP contribution < -0.4 is 10.1 Å². The van der Waals surface area contributed by atoms with Crippen LogP contribution in [-0.2, 0) is 4.79 Å². The van der Waals surface area contributed by atoms with Gasteiger partial charge in [-0.2, -0.15) is 0 Å². The first-order valence-electron chi connectivity index (χ1n) is 7.98. The molecule has 1 N–H and O–H groups in total. The third-order valence-electron chi connectivity index (χ3n) is 3.99. The minimum absolute atomic E-state index is 0.0649. The molecule has 25 heavy (non-hydrogen) atoms. The molecule has 1 heterocycles. The topological polar surface area (TPSA) is 43.3 Å². The minimum atomic E-state index is -0.0798. The van der Waals surface area contributed by atoms with Crippen molar-refractivity contribution in [2.24, 2.45) is 0 Å². The standard InChI is InChI=1S/C20H19ClN2O2/c1-25-19-10-9-16(13-17(19)21)22-20(24)14-18(23-11-5-6-12-23)15-7-3-2-4-8-15/h2-13,18H,14H2,1H3,(H,22,24)/t18-/m1/s1. The maximum absolute atomic E-state index is 12.6. The van der Waals surface area contributed by atoms with Gasteiger partial charge in [-0.3, -0.25) is 4.79 Å². The van der Waals surface area contributed by atoms with E-state index < -0.39 is 0 Å². The lowest BCUT2D eigenvalue weighted by Crippen LogP contribution is -2.19. The molecule has 0 spiro atoms. The Labute approximate surface area is 152 Å². The smallest absolute Gasteiger partial charge is 0.226 e. The second-order valence-corrected chi connectivity index (χ2v) is 6.07. The molecule has 3 aromatic rings. The van der Waals surface area contributed by atoms with E-state index in [0.29, 0.717) is 22.9 Å². The molecule has 0 unspecified atom stereocenters. The van der Waals surface area contributed by atoms with Gasteiger partial charge in [0.15, 0.2) is 0 Å². The summed E-state index contributed by atoms with van der Waals surface area (Å²) in [5.41, 5.74) is 1.73. The summed E-state index contributed by atoms with van der Waals surface area (Å²) >= 11 is 6.12. The molecule has 0 saturated carbocycles. The monoisotopic (exact) mass is 354 g/mol. The molecule has 0 saturated heterocycles. The van der Waals surface area contributed by atoms with Gasteiger partial charge in [-0.15, -0.1) is 0 Å². The van der Waals surface area contributed by atoms with Crippen LogP contribution in [0.5, 0.6) is 5.75 Å². The SMILES string of the molecule is COc1ccc(NC(=O)C[C@H](c2ccccc2)n2cccc2)cc1Cl. The Morgan fingerprint density at radius 2 is 1.84 bits per heavy atom. The molecular formula is C20H19ClN2O2. The second-order valence-electron chi connectivity index (χ2n) is 5.66. The largest absolute Gasteiger partial charge is 0.495 e. The van der Waals surface area contributed by atoms with Crippen molar-refractivity contribution in [3.05, 3.63) is 83.6 Å². The van der Waals surface area contributed by atoms with E-state index in [4.69, 9.17) is 16.3 Å². The van der Waals surface area contributed by atoms with Gasteiger partial charge in [0.2, 0.25) is 5.91 Å². The van der Waals surface area contributed by atoms with Crippen molar-refractivity contribution in [2.75, 3.05) is 12.4 Å². The number of nitrogens with zero attached hydrogens (tertiary/aromatic N) is 1. The summed E-state index contributed by atoms with van der Waals surface area (Å²) in [6, 6.07) is 19.0. The van der Waals surface area contributed by atoms with E-state index >= 15 is 0 Å². The molecule has 0 fully saturated rings. The number of aromatic nitrogens is 1. The van der Waals surface area contributed by atoms with Crippen LogP contribution in [0.15, 0.2) is 73.1 Å². The molecule has 128 valence electrons. The van der Waals surface area contributed by atoms with Crippen molar-refractivity contribution in [3.63, 3.8) is 0 Å². The summed E-state index contributed by atoms with van der Waals surface area (Å²) in [7, 11) is 1.56. The van der Waals surface area contributed by atoms with Crippen molar-refractivity contribution in [3.8, 4) is 5.75 Å². The van der Waals surface area contributed by atoms with Gasteiger partial charge in [0, 0.05) is 18.1 Å². The third kappa shape index (κ3) is 4.22. The van der Waals surface area contributed by atoms with E-state index in [-0.39, 0.29) is 11.9 Å². The molecule has 0 aliphatic heterocycles. The Hall–Kier alpha value is -2.72. The Morgan fingerprint density at radius 1 is 1.12 bits per heavy atom. The molecule has 0 aliphatic carbocycles. The number of rotatable bonds is 6. The lowest BCUT2D eigenvalue weighted by atomic mass is 10.0. The number of amides is 1. The lowest BCUT2D eigenvalue weighted by molar-refractivity contribution is -0.116. The van der Waals surface area contributed by atoms with E-state index in [0.717, 1.165) is 5.56 Å². The normalized spacial score (nSPS) is 11.8. The molecular weight excluding hydrogens is 336 g/mol. The van der Waals surface area contributed by atoms with E-state index in [2.05, 4.69) is 5.32 Å². The van der Waals surface area contributed by atoms with Gasteiger partial charge < -0.3 is 14.6 Å². The van der Waals surface area contributed by atoms with Crippen LogP contribution in [0, 0.1) is 0 Å². The minimum Gasteiger partial charge on any atom is -0.495 e. The van der Waals surface area contributed by atoms with Crippen LogP contribution in [0.4, 0.5) is 5.69 Å². The van der Waals surface area contributed by atoms with Crippen LogP contribution in [0.25, 0.3) is 0 Å². The number of hydrogen-bond donors (Lipinski definition) is 1. The Kier molecular flexibility index (Phi) is 5.41. The van der Waals surface area contributed by atoms with Crippen LogP contribution in [0.3, 0.4) is 0 Å². The molecule has 4 nitrogen and oxygen atoms in total. The van der Waals surface area contributed by atoms with Crippen LogP contribution in [0.1, 0.15) is 18.0 Å². The van der Waals surface area contributed by atoms with Crippen molar-refractivity contribution in [1.82, 2.24) is 4.57 Å². The molecule has 0 radical (unpaired) electrons. The molecule has 0 aliphatic rings. The van der Waals surface area contributed by atoms with Crippen LogP contribution >= 0.6 is 11.6 Å². The number of carbonyl (C=O) groups is 1. The van der Waals surface area contributed by atoms with Crippen LogP contribution in [-0.4, -0.2) is 17.6 Å². The van der Waals surface area contributed by atoms with Crippen molar-refractivity contribution >= 4 is 23.2 Å². The van der Waals surface area contributed by atoms with Gasteiger partial charge >= 0.3 is 0 Å². The highest BCUT2D eigenvalue weighted by atomic mass is 35.5. The highest BCUT2D eigenvalue weighted by Crippen LogP contribution is 2.28. The number of ether oxygens (including phenoxy) is 1. The zero-order chi connectivity index (χ0) is 17.6. The van der Waals surface area contributed by atoms with E-state index in [1.165, 1.54) is 0 Å². The first-order chi connectivity index (χ1) is 12.2. The summed E-state index contributed by atoms with van der Waals surface area (Å²) in [5.74, 6) is 0.498. The average Bonchev–Trinajstić information content (AvgIpc) is 3.15. The quantitative estimate of drug-likeness (QED) is 0.693. The molecule has 3 rings (SSSR count).